The minimum atomic E-state index is -0.187. The first-order valence-electron chi connectivity index (χ1n) is 5.75. The Morgan fingerprint density at radius 1 is 1.35 bits per heavy atom. The van der Waals surface area contributed by atoms with Crippen LogP contribution >= 0.6 is 11.8 Å². The van der Waals surface area contributed by atoms with E-state index in [1.54, 1.807) is 23.9 Å². The molecule has 0 aromatic heterocycles. The Bertz CT molecular complexity index is 378. The molecule has 2 rings (SSSR count). The van der Waals surface area contributed by atoms with E-state index in [1.807, 2.05) is 0 Å². The number of hydrogen-bond donors (Lipinski definition) is 2. The summed E-state index contributed by atoms with van der Waals surface area (Å²) in [6, 6.07) is 6.58. The van der Waals surface area contributed by atoms with Gasteiger partial charge in [0, 0.05) is 30.3 Å². The zero-order chi connectivity index (χ0) is 11.9. The van der Waals surface area contributed by atoms with E-state index in [9.17, 15) is 4.39 Å². The number of benzene rings is 1. The fourth-order valence-corrected chi connectivity index (χ4v) is 2.29. The SMILES string of the molecule is Fc1ccc(SCCNC2=NCCCN2)cc1. The van der Waals surface area contributed by atoms with Gasteiger partial charge in [-0.05, 0) is 30.7 Å². The van der Waals surface area contributed by atoms with Crippen molar-refractivity contribution in [3.05, 3.63) is 30.1 Å². The van der Waals surface area contributed by atoms with Crippen LogP contribution in [0.4, 0.5) is 4.39 Å². The molecule has 0 fully saturated rings. The largest absolute Gasteiger partial charge is 0.356 e. The second kappa shape index (κ2) is 6.49. The van der Waals surface area contributed by atoms with E-state index in [4.69, 9.17) is 0 Å². The first-order chi connectivity index (χ1) is 8.34. The molecule has 3 nitrogen and oxygen atoms in total. The van der Waals surface area contributed by atoms with Crippen molar-refractivity contribution in [1.29, 1.82) is 0 Å². The smallest absolute Gasteiger partial charge is 0.191 e. The number of aliphatic imine (C=N–C) groups is 1. The summed E-state index contributed by atoms with van der Waals surface area (Å²) in [5, 5.41) is 6.45. The van der Waals surface area contributed by atoms with Crippen LogP contribution in [0.3, 0.4) is 0 Å². The van der Waals surface area contributed by atoms with Gasteiger partial charge in [0.2, 0.25) is 0 Å². The fraction of sp³-hybridized carbons (Fsp3) is 0.417. The van der Waals surface area contributed by atoms with Gasteiger partial charge in [0.15, 0.2) is 5.96 Å². The summed E-state index contributed by atoms with van der Waals surface area (Å²) in [5.41, 5.74) is 0. The molecule has 0 aliphatic carbocycles. The Hall–Kier alpha value is -1.23. The van der Waals surface area contributed by atoms with Crippen molar-refractivity contribution < 1.29 is 4.39 Å². The Morgan fingerprint density at radius 3 is 2.88 bits per heavy atom. The maximum Gasteiger partial charge on any atom is 0.191 e. The molecule has 92 valence electrons. The molecule has 0 radical (unpaired) electrons. The van der Waals surface area contributed by atoms with Gasteiger partial charge in [-0.1, -0.05) is 0 Å². The average Bonchev–Trinajstić information content (AvgIpc) is 2.38. The normalized spacial score (nSPS) is 15.0. The van der Waals surface area contributed by atoms with Gasteiger partial charge in [0.05, 0.1) is 0 Å². The quantitative estimate of drug-likeness (QED) is 0.635. The van der Waals surface area contributed by atoms with Crippen LogP contribution < -0.4 is 10.6 Å². The van der Waals surface area contributed by atoms with E-state index in [0.29, 0.717) is 0 Å². The highest BCUT2D eigenvalue weighted by atomic mass is 32.2. The van der Waals surface area contributed by atoms with Crippen molar-refractivity contribution in [1.82, 2.24) is 10.6 Å². The third-order valence-corrected chi connectivity index (χ3v) is 3.39. The summed E-state index contributed by atoms with van der Waals surface area (Å²) in [4.78, 5) is 5.41. The molecule has 0 bridgehead atoms. The zero-order valence-corrected chi connectivity index (χ0v) is 10.4. The molecule has 0 saturated carbocycles. The van der Waals surface area contributed by atoms with Gasteiger partial charge in [-0.3, -0.25) is 4.99 Å². The van der Waals surface area contributed by atoms with Gasteiger partial charge >= 0.3 is 0 Å². The van der Waals surface area contributed by atoms with Crippen LogP contribution in [0, 0.1) is 5.82 Å². The van der Waals surface area contributed by atoms with Crippen molar-refractivity contribution in [2.45, 2.75) is 11.3 Å². The van der Waals surface area contributed by atoms with Crippen molar-refractivity contribution in [3.8, 4) is 0 Å². The topological polar surface area (TPSA) is 36.4 Å². The van der Waals surface area contributed by atoms with Crippen LogP contribution in [0.5, 0.6) is 0 Å². The molecule has 0 spiro atoms. The number of hydrogen-bond acceptors (Lipinski definition) is 4. The fourth-order valence-electron chi connectivity index (χ4n) is 1.52. The van der Waals surface area contributed by atoms with E-state index in [1.165, 1.54) is 12.1 Å². The lowest BCUT2D eigenvalue weighted by molar-refractivity contribution is 0.626. The minimum absolute atomic E-state index is 0.187. The molecule has 1 aromatic carbocycles. The average molecular weight is 253 g/mol. The van der Waals surface area contributed by atoms with Crippen molar-refractivity contribution in [3.63, 3.8) is 0 Å². The highest BCUT2D eigenvalue weighted by Crippen LogP contribution is 2.17. The van der Waals surface area contributed by atoms with Crippen LogP contribution in [0.25, 0.3) is 0 Å². The molecular formula is C12H16FN3S. The number of halogens is 1. The molecule has 0 amide bonds. The number of nitrogens with one attached hydrogen (secondary N) is 2. The Morgan fingerprint density at radius 2 is 2.18 bits per heavy atom. The molecular weight excluding hydrogens is 237 g/mol. The maximum atomic E-state index is 12.7. The second-order valence-electron chi connectivity index (χ2n) is 3.74. The first-order valence-corrected chi connectivity index (χ1v) is 6.74. The predicted octanol–water partition coefficient (Wildman–Crippen LogP) is 1.86. The van der Waals surface area contributed by atoms with Crippen LogP contribution in [0.1, 0.15) is 6.42 Å². The lowest BCUT2D eigenvalue weighted by Gasteiger charge is -2.15. The monoisotopic (exact) mass is 253 g/mol. The Balaban J connectivity index is 1.66. The molecule has 1 aromatic rings. The van der Waals surface area contributed by atoms with E-state index in [2.05, 4.69) is 15.6 Å². The summed E-state index contributed by atoms with van der Waals surface area (Å²) < 4.78 is 12.7. The summed E-state index contributed by atoms with van der Waals surface area (Å²) >= 11 is 1.71. The Kier molecular flexibility index (Phi) is 4.67. The summed E-state index contributed by atoms with van der Waals surface area (Å²) in [7, 11) is 0. The number of thioether (sulfide) groups is 1. The van der Waals surface area contributed by atoms with Crippen molar-refractivity contribution >= 4 is 17.7 Å². The van der Waals surface area contributed by atoms with Gasteiger partial charge in [-0.2, -0.15) is 0 Å². The van der Waals surface area contributed by atoms with Crippen LogP contribution in [-0.2, 0) is 0 Å². The standard InChI is InChI=1S/C12H16FN3S/c13-10-2-4-11(5-3-10)17-9-8-16-12-14-6-1-7-15-12/h2-5H,1,6-9H2,(H2,14,15,16). The predicted molar refractivity (Wildman–Crippen MR) is 70.0 cm³/mol. The van der Waals surface area contributed by atoms with Crippen LogP contribution in [0.2, 0.25) is 0 Å². The van der Waals surface area contributed by atoms with Crippen LogP contribution in [0.15, 0.2) is 34.2 Å². The van der Waals surface area contributed by atoms with E-state index < -0.39 is 0 Å². The zero-order valence-electron chi connectivity index (χ0n) is 9.58. The van der Waals surface area contributed by atoms with E-state index in [0.717, 1.165) is 42.7 Å². The second-order valence-corrected chi connectivity index (χ2v) is 4.91. The van der Waals surface area contributed by atoms with E-state index >= 15 is 0 Å². The van der Waals surface area contributed by atoms with Gasteiger partial charge in [-0.25, -0.2) is 4.39 Å². The van der Waals surface area contributed by atoms with Crippen molar-refractivity contribution in [2.75, 3.05) is 25.4 Å². The molecule has 2 N–H and O–H groups in total. The van der Waals surface area contributed by atoms with Gasteiger partial charge in [-0.15, -0.1) is 11.8 Å². The summed E-state index contributed by atoms with van der Waals surface area (Å²) in [5.74, 6) is 1.65. The molecule has 1 aliphatic rings. The Labute approximate surface area is 105 Å². The first kappa shape index (κ1) is 12.2. The third kappa shape index (κ3) is 4.26. The number of rotatable bonds is 4. The molecule has 0 atom stereocenters. The third-order valence-electron chi connectivity index (χ3n) is 2.37. The van der Waals surface area contributed by atoms with Crippen LogP contribution in [-0.4, -0.2) is 31.3 Å². The molecule has 1 aliphatic heterocycles. The summed E-state index contributed by atoms with van der Waals surface area (Å²) in [6.07, 6.45) is 1.11. The number of guanidine groups is 1. The number of nitrogens with zero attached hydrogens (tertiary/aromatic N) is 1. The lowest BCUT2D eigenvalue weighted by atomic mass is 10.4. The van der Waals surface area contributed by atoms with E-state index in [-0.39, 0.29) is 5.82 Å². The van der Waals surface area contributed by atoms with Gasteiger partial charge < -0.3 is 10.6 Å². The molecule has 17 heavy (non-hydrogen) atoms. The van der Waals surface area contributed by atoms with Crippen molar-refractivity contribution in [2.24, 2.45) is 4.99 Å². The molecule has 1 heterocycles. The van der Waals surface area contributed by atoms with Gasteiger partial charge in [0.1, 0.15) is 5.82 Å². The maximum absolute atomic E-state index is 12.7. The highest BCUT2D eigenvalue weighted by molar-refractivity contribution is 7.99. The highest BCUT2D eigenvalue weighted by Gasteiger charge is 2.02. The molecule has 0 unspecified atom stereocenters. The van der Waals surface area contributed by atoms with Gasteiger partial charge in [0.25, 0.3) is 0 Å². The molecule has 0 saturated heterocycles. The summed E-state index contributed by atoms with van der Waals surface area (Å²) in [6.45, 7) is 2.76. The minimum Gasteiger partial charge on any atom is -0.356 e. The lowest BCUT2D eigenvalue weighted by Crippen LogP contribution is -2.41. The molecule has 5 heteroatoms.